The number of nitro benzene ring substituents is 1. The average Bonchev–Trinajstić information content (AvgIpc) is 3.39. The zero-order valence-corrected chi connectivity index (χ0v) is 20.7. The summed E-state index contributed by atoms with van der Waals surface area (Å²) in [6.07, 6.45) is 8.51. The van der Waals surface area contributed by atoms with Crippen molar-refractivity contribution in [1.29, 1.82) is 5.41 Å². The smallest absolute Gasteiger partial charge is 0.323 e. The first-order chi connectivity index (χ1) is 18.7. The van der Waals surface area contributed by atoms with Crippen molar-refractivity contribution in [2.45, 2.75) is 38.8 Å². The lowest BCUT2D eigenvalue weighted by atomic mass is 9.84. The summed E-state index contributed by atoms with van der Waals surface area (Å²) < 4.78 is 3.01. The van der Waals surface area contributed by atoms with Crippen LogP contribution in [0.4, 0.5) is 11.4 Å². The third kappa shape index (κ3) is 5.28. The predicted molar refractivity (Wildman–Crippen MR) is 143 cm³/mol. The number of aromatic nitrogens is 3. The fourth-order valence-electron chi connectivity index (χ4n) is 4.91. The number of anilines is 1. The fourth-order valence-corrected chi connectivity index (χ4v) is 4.91. The van der Waals surface area contributed by atoms with Gasteiger partial charge in [-0.15, -0.1) is 0 Å². The first kappa shape index (κ1) is 25.4. The van der Waals surface area contributed by atoms with Gasteiger partial charge >= 0.3 is 17.1 Å². The molecule has 0 radical (unpaired) electrons. The molecule has 39 heavy (non-hydrogen) atoms. The van der Waals surface area contributed by atoms with Gasteiger partial charge in [0.25, 0.3) is 5.69 Å². The Labute approximate surface area is 220 Å². The van der Waals surface area contributed by atoms with E-state index in [1.165, 1.54) is 24.3 Å². The lowest BCUT2D eigenvalue weighted by molar-refractivity contribution is -0.384. The number of carboxylic acid groups (broad SMARTS) is 1. The zero-order chi connectivity index (χ0) is 27.7. The quantitative estimate of drug-likeness (QED) is 0.101. The third-order valence-electron chi connectivity index (χ3n) is 6.76. The minimum absolute atomic E-state index is 0.0311. The predicted octanol–water partition coefficient (Wildman–Crippen LogP) is 2.50. The summed E-state index contributed by atoms with van der Waals surface area (Å²) in [7, 11) is 0. The molecule has 2 heterocycles. The van der Waals surface area contributed by atoms with Crippen molar-refractivity contribution in [2.75, 3.05) is 5.32 Å². The van der Waals surface area contributed by atoms with Gasteiger partial charge in [0.05, 0.1) is 10.6 Å². The number of nitrogens with zero attached hydrogens (tertiary/aromatic N) is 3. The van der Waals surface area contributed by atoms with Gasteiger partial charge in [0.2, 0.25) is 0 Å². The summed E-state index contributed by atoms with van der Waals surface area (Å²) in [6, 6.07) is 7.68. The Morgan fingerprint density at radius 1 is 1.13 bits per heavy atom. The molecule has 0 atom stereocenters. The second-order valence-corrected chi connectivity index (χ2v) is 9.30. The van der Waals surface area contributed by atoms with E-state index >= 15 is 0 Å². The van der Waals surface area contributed by atoms with Gasteiger partial charge in [-0.3, -0.25) is 34.5 Å². The number of guanidine groups is 1. The van der Waals surface area contributed by atoms with Gasteiger partial charge < -0.3 is 25.3 Å². The number of aryl methyl sites for hydroxylation is 1. The van der Waals surface area contributed by atoms with Crippen LogP contribution >= 0.6 is 0 Å². The second kappa shape index (κ2) is 10.3. The van der Waals surface area contributed by atoms with E-state index < -0.39 is 28.6 Å². The SMILES string of the molecule is N=C(NCc1ccn(C2=CC3=C(CC2)CCc2[nH]c(=O)c(=O)n(CC(=O)O)c23)c1)Nc1ccc([N+](=O)[O-])cc1. The lowest BCUT2D eigenvalue weighted by Crippen LogP contribution is -2.41. The van der Waals surface area contributed by atoms with Crippen LogP contribution in [0.15, 0.2) is 64.0 Å². The largest absolute Gasteiger partial charge is 0.480 e. The molecule has 13 heteroatoms. The number of fused-ring (bicyclic) bond motifs is 2. The molecule has 200 valence electrons. The number of aromatic amines is 1. The molecule has 2 aliphatic carbocycles. The molecule has 2 aromatic heterocycles. The molecular formula is C26H25N7O6. The molecule has 2 aliphatic rings. The van der Waals surface area contributed by atoms with Crippen LogP contribution < -0.4 is 21.8 Å². The van der Waals surface area contributed by atoms with Crippen molar-refractivity contribution < 1.29 is 14.8 Å². The number of H-pyrrole nitrogens is 1. The fraction of sp³-hybridized carbons (Fsp3) is 0.231. The molecule has 0 unspecified atom stereocenters. The highest BCUT2D eigenvalue weighted by molar-refractivity contribution is 5.91. The van der Waals surface area contributed by atoms with E-state index in [1.807, 2.05) is 29.1 Å². The van der Waals surface area contributed by atoms with Crippen molar-refractivity contribution in [3.05, 3.63) is 102 Å². The van der Waals surface area contributed by atoms with Crippen molar-refractivity contribution in [3.8, 4) is 0 Å². The number of non-ortho nitro benzene ring substituents is 1. The standard InChI is InChI=1S/C26H25N7O6/c27-26(29-17-3-6-18(7-4-17)33(38)39)28-12-15-9-10-31(13-15)19-5-1-16-2-8-21-23(20(16)11-19)32(14-22(34)35)25(37)24(36)30-21/h3-4,6-7,9-11,13H,1-2,5,8,12,14H2,(H,30,36)(H,34,35)(H3,27,28,29). The zero-order valence-electron chi connectivity index (χ0n) is 20.7. The molecule has 0 saturated carbocycles. The maximum absolute atomic E-state index is 12.5. The summed E-state index contributed by atoms with van der Waals surface area (Å²) in [5.74, 6) is -1.17. The Morgan fingerprint density at radius 3 is 2.59 bits per heavy atom. The summed E-state index contributed by atoms with van der Waals surface area (Å²) in [5.41, 5.74) is 3.58. The van der Waals surface area contributed by atoms with Crippen LogP contribution in [0.1, 0.15) is 36.2 Å². The first-order valence-corrected chi connectivity index (χ1v) is 12.2. The molecule has 0 saturated heterocycles. The van der Waals surface area contributed by atoms with Gasteiger partial charge in [-0.1, -0.05) is 5.57 Å². The van der Waals surface area contributed by atoms with Crippen LogP contribution in [-0.4, -0.2) is 36.1 Å². The van der Waals surface area contributed by atoms with Crippen LogP contribution in [0.25, 0.3) is 11.3 Å². The molecular weight excluding hydrogens is 506 g/mol. The highest BCUT2D eigenvalue weighted by Crippen LogP contribution is 2.39. The molecule has 0 aliphatic heterocycles. The molecule has 0 bridgehead atoms. The molecule has 13 nitrogen and oxygen atoms in total. The van der Waals surface area contributed by atoms with Gasteiger partial charge in [-0.05, 0) is 55.5 Å². The van der Waals surface area contributed by atoms with Crippen molar-refractivity contribution in [1.82, 2.24) is 19.4 Å². The lowest BCUT2D eigenvalue weighted by Gasteiger charge is -2.28. The Balaban J connectivity index is 1.32. The van der Waals surface area contributed by atoms with Crippen molar-refractivity contribution in [3.63, 3.8) is 0 Å². The summed E-state index contributed by atoms with van der Waals surface area (Å²) in [4.78, 5) is 49.1. The van der Waals surface area contributed by atoms with Crippen LogP contribution in [0.3, 0.4) is 0 Å². The van der Waals surface area contributed by atoms with Crippen molar-refractivity contribution >= 4 is 34.6 Å². The minimum atomic E-state index is -1.20. The van der Waals surface area contributed by atoms with E-state index in [2.05, 4.69) is 15.6 Å². The number of hydrogen-bond donors (Lipinski definition) is 5. The normalized spacial score (nSPS) is 14.2. The molecule has 5 rings (SSSR count). The summed E-state index contributed by atoms with van der Waals surface area (Å²) >= 11 is 0. The van der Waals surface area contributed by atoms with E-state index in [4.69, 9.17) is 5.41 Å². The maximum atomic E-state index is 12.5. The Kier molecular flexibility index (Phi) is 6.71. The minimum Gasteiger partial charge on any atom is -0.480 e. The highest BCUT2D eigenvalue weighted by Gasteiger charge is 2.27. The average molecular weight is 532 g/mol. The number of hydrogen-bond acceptors (Lipinski definition) is 6. The van der Waals surface area contributed by atoms with Crippen LogP contribution in [0.5, 0.6) is 0 Å². The van der Waals surface area contributed by atoms with Crippen LogP contribution in [-0.2, 0) is 24.3 Å². The van der Waals surface area contributed by atoms with Gasteiger partial charge in [-0.2, -0.15) is 0 Å². The number of rotatable bonds is 7. The van der Waals surface area contributed by atoms with E-state index in [-0.39, 0.29) is 11.6 Å². The molecule has 0 fully saturated rings. The topological polar surface area (TPSA) is 188 Å². The number of benzene rings is 1. The second-order valence-electron chi connectivity index (χ2n) is 9.30. The number of carbonyl (C=O) groups is 1. The van der Waals surface area contributed by atoms with Gasteiger partial charge in [0.15, 0.2) is 5.96 Å². The van der Waals surface area contributed by atoms with Gasteiger partial charge in [-0.25, -0.2) is 0 Å². The molecule has 1 aromatic carbocycles. The maximum Gasteiger partial charge on any atom is 0.323 e. The number of nitrogens with one attached hydrogen (secondary N) is 4. The first-order valence-electron chi connectivity index (χ1n) is 12.2. The number of aliphatic carboxylic acids is 1. The summed E-state index contributed by atoms with van der Waals surface area (Å²) in [5, 5.41) is 34.1. The molecule has 3 aromatic rings. The monoisotopic (exact) mass is 531 g/mol. The van der Waals surface area contributed by atoms with Gasteiger partial charge in [0.1, 0.15) is 6.54 Å². The van der Waals surface area contributed by atoms with Crippen molar-refractivity contribution in [2.24, 2.45) is 0 Å². The number of allylic oxidation sites excluding steroid dienone is 4. The van der Waals surface area contributed by atoms with E-state index in [0.29, 0.717) is 30.0 Å². The van der Waals surface area contributed by atoms with Crippen LogP contribution in [0.2, 0.25) is 0 Å². The Morgan fingerprint density at radius 2 is 1.87 bits per heavy atom. The Hall–Kier alpha value is -5.20. The number of carboxylic acids is 1. The summed E-state index contributed by atoms with van der Waals surface area (Å²) in [6.45, 7) is -0.237. The molecule has 5 N–H and O–H groups in total. The molecule has 0 spiro atoms. The van der Waals surface area contributed by atoms with Crippen LogP contribution in [0, 0.1) is 15.5 Å². The van der Waals surface area contributed by atoms with E-state index in [9.17, 15) is 29.6 Å². The highest BCUT2D eigenvalue weighted by atomic mass is 16.6. The Bertz CT molecular complexity index is 1670. The van der Waals surface area contributed by atoms with E-state index in [1.54, 1.807) is 0 Å². The van der Waals surface area contributed by atoms with Gasteiger partial charge in [0, 0.05) is 53.7 Å². The third-order valence-corrected chi connectivity index (χ3v) is 6.76. The number of nitro groups is 1. The van der Waals surface area contributed by atoms with E-state index in [0.717, 1.165) is 46.2 Å². The molecule has 0 amide bonds.